The highest BCUT2D eigenvalue weighted by Crippen LogP contribution is 2.50. The van der Waals surface area contributed by atoms with E-state index in [1.807, 2.05) is 0 Å². The Kier molecular flexibility index (Phi) is 7.83. The van der Waals surface area contributed by atoms with Gasteiger partial charge in [-0.25, -0.2) is 0 Å². The summed E-state index contributed by atoms with van der Waals surface area (Å²) in [6, 6.07) is 36.0. The van der Waals surface area contributed by atoms with Gasteiger partial charge in [0, 0.05) is 41.6 Å². The van der Waals surface area contributed by atoms with Crippen molar-refractivity contribution in [1.82, 2.24) is 0 Å². The molecule has 3 aliphatic rings. The Morgan fingerprint density at radius 2 is 1.36 bits per heavy atom. The van der Waals surface area contributed by atoms with E-state index in [2.05, 4.69) is 180 Å². The lowest BCUT2D eigenvalue weighted by molar-refractivity contribution is -0.401. The first-order valence-corrected chi connectivity index (χ1v) is 18.3. The molecule has 2 nitrogen and oxygen atoms in total. The molecular weight excluding hydrogens is 605 g/mol. The van der Waals surface area contributed by atoms with Crippen molar-refractivity contribution >= 4 is 38.6 Å². The van der Waals surface area contributed by atoms with Crippen LogP contribution in [-0.4, -0.2) is 24.4 Å². The van der Waals surface area contributed by atoms with E-state index in [-0.39, 0.29) is 10.8 Å². The molecule has 0 aromatic heterocycles. The van der Waals surface area contributed by atoms with Crippen molar-refractivity contribution in [3.63, 3.8) is 0 Å². The first kappa shape index (κ1) is 32.3. The number of benzene rings is 5. The highest BCUT2D eigenvalue weighted by Gasteiger charge is 2.44. The van der Waals surface area contributed by atoms with Crippen LogP contribution in [0.3, 0.4) is 0 Å². The van der Waals surface area contributed by atoms with Crippen molar-refractivity contribution < 1.29 is 4.58 Å². The lowest BCUT2D eigenvalue weighted by Gasteiger charge is -2.25. The molecule has 1 aliphatic carbocycles. The number of aryl methyl sites for hydroxylation is 1. The Bertz CT molecular complexity index is 2340. The van der Waals surface area contributed by atoms with E-state index in [1.54, 1.807) is 0 Å². The number of hydrogen-bond acceptors (Lipinski definition) is 1. The Morgan fingerprint density at radius 3 is 2.08 bits per heavy atom. The molecule has 5 aromatic carbocycles. The second kappa shape index (κ2) is 12.1. The molecule has 2 aliphatic heterocycles. The molecule has 0 bridgehead atoms. The van der Waals surface area contributed by atoms with Crippen LogP contribution in [0.2, 0.25) is 0 Å². The Labute approximate surface area is 298 Å². The fraction of sp³-hybridized carbons (Fsp3) is 0.271. The van der Waals surface area contributed by atoms with Gasteiger partial charge in [0.2, 0.25) is 5.69 Å². The van der Waals surface area contributed by atoms with Gasteiger partial charge < -0.3 is 4.90 Å². The summed E-state index contributed by atoms with van der Waals surface area (Å²) in [5, 5.41) is 5.33. The van der Waals surface area contributed by atoms with Crippen LogP contribution in [0.5, 0.6) is 0 Å². The van der Waals surface area contributed by atoms with Crippen LogP contribution in [-0.2, 0) is 17.3 Å². The Hall–Kier alpha value is -4.95. The van der Waals surface area contributed by atoms with Gasteiger partial charge in [-0.15, -0.1) is 0 Å². The lowest BCUT2D eigenvalue weighted by atomic mass is 9.78. The van der Waals surface area contributed by atoms with Gasteiger partial charge in [0.05, 0.1) is 5.41 Å². The Morgan fingerprint density at radius 1 is 0.700 bits per heavy atom. The predicted octanol–water partition coefficient (Wildman–Crippen LogP) is 11.8. The van der Waals surface area contributed by atoms with Crippen molar-refractivity contribution in [2.75, 3.05) is 19.0 Å². The summed E-state index contributed by atoms with van der Waals surface area (Å²) in [6.45, 7) is 11.7. The molecule has 5 aromatic rings. The van der Waals surface area contributed by atoms with E-state index >= 15 is 0 Å². The molecule has 2 heterocycles. The maximum atomic E-state index is 2.46. The second-order valence-corrected chi connectivity index (χ2v) is 15.7. The molecule has 0 fully saturated rings. The van der Waals surface area contributed by atoms with Crippen LogP contribution < -0.4 is 4.90 Å². The maximum absolute atomic E-state index is 2.46. The second-order valence-electron chi connectivity index (χ2n) is 15.7. The van der Waals surface area contributed by atoms with Gasteiger partial charge in [0.25, 0.3) is 0 Å². The maximum Gasteiger partial charge on any atom is 0.210 e. The third-order valence-electron chi connectivity index (χ3n) is 11.8. The van der Waals surface area contributed by atoms with Crippen LogP contribution in [0, 0.1) is 6.92 Å². The topological polar surface area (TPSA) is 6.25 Å². The van der Waals surface area contributed by atoms with Gasteiger partial charge in [-0.1, -0.05) is 110 Å². The fourth-order valence-electron chi connectivity index (χ4n) is 9.23. The molecule has 8 rings (SSSR count). The van der Waals surface area contributed by atoms with E-state index in [4.69, 9.17) is 0 Å². The van der Waals surface area contributed by atoms with Crippen molar-refractivity contribution in [2.24, 2.45) is 0 Å². The minimum absolute atomic E-state index is 0.102. The number of rotatable bonds is 5. The summed E-state index contributed by atoms with van der Waals surface area (Å²) in [5.41, 5.74) is 15.1. The first-order chi connectivity index (χ1) is 24.1. The summed E-state index contributed by atoms with van der Waals surface area (Å²) >= 11 is 0. The SMILES string of the molecule is Cc1ccc(CC2=C(/C=C/C3=[N+](C)c4ccc5ccccc5c4C3(C)C)CCC/C2=C\C=C2\N(C)c3ccc4ccccc4c3C2(C)C)cc1. The summed E-state index contributed by atoms with van der Waals surface area (Å²) in [5.74, 6) is 0. The van der Waals surface area contributed by atoms with Gasteiger partial charge in [-0.05, 0) is 114 Å². The minimum Gasteiger partial charge on any atom is -0.347 e. The van der Waals surface area contributed by atoms with Crippen molar-refractivity contribution in [3.05, 3.63) is 166 Å². The molecule has 250 valence electrons. The summed E-state index contributed by atoms with van der Waals surface area (Å²) in [7, 11) is 4.48. The lowest BCUT2D eigenvalue weighted by Crippen LogP contribution is -2.27. The highest BCUT2D eigenvalue weighted by atomic mass is 15.2. The molecular formula is C48H49N2+. The average Bonchev–Trinajstić information content (AvgIpc) is 3.44. The average molecular weight is 654 g/mol. The standard InChI is InChI=1S/C48H49N2/c1-32-19-21-33(22-20-32)31-40-36(25-29-43-47(2,3)45-38-17-10-8-13-34(38)23-27-41(45)49(43)6)15-12-16-37(40)26-30-44-48(4,5)46-39-18-11-9-14-35(39)24-28-42(46)50(44)7/h8-11,13-14,17-30H,12,15-16,31H2,1-7H3/q+1. The van der Waals surface area contributed by atoms with Crippen LogP contribution in [0.25, 0.3) is 21.5 Å². The molecule has 50 heavy (non-hydrogen) atoms. The molecule has 0 atom stereocenters. The van der Waals surface area contributed by atoms with Crippen LogP contribution in [0.15, 0.2) is 144 Å². The molecule has 0 spiro atoms. The zero-order valence-electron chi connectivity index (χ0n) is 30.8. The zero-order chi connectivity index (χ0) is 34.8. The number of allylic oxidation sites excluding steroid dienone is 8. The number of fused-ring (bicyclic) bond motifs is 6. The Balaban J connectivity index is 1.21. The van der Waals surface area contributed by atoms with Gasteiger partial charge in [-0.2, -0.15) is 4.58 Å². The van der Waals surface area contributed by atoms with Gasteiger partial charge in [0.1, 0.15) is 7.05 Å². The van der Waals surface area contributed by atoms with E-state index < -0.39 is 0 Å². The monoisotopic (exact) mass is 653 g/mol. The van der Waals surface area contributed by atoms with E-state index in [0.29, 0.717) is 0 Å². The quantitative estimate of drug-likeness (QED) is 0.171. The minimum atomic E-state index is -0.102. The summed E-state index contributed by atoms with van der Waals surface area (Å²) in [4.78, 5) is 2.42. The highest BCUT2D eigenvalue weighted by molar-refractivity contribution is 6.07. The van der Waals surface area contributed by atoms with Gasteiger partial charge >= 0.3 is 0 Å². The van der Waals surface area contributed by atoms with E-state index in [9.17, 15) is 0 Å². The smallest absolute Gasteiger partial charge is 0.210 e. The predicted molar refractivity (Wildman–Crippen MR) is 214 cm³/mol. The van der Waals surface area contributed by atoms with Crippen molar-refractivity contribution in [3.8, 4) is 0 Å². The zero-order valence-corrected chi connectivity index (χ0v) is 30.8. The molecule has 0 saturated heterocycles. The third-order valence-corrected chi connectivity index (χ3v) is 11.8. The van der Waals surface area contributed by atoms with E-state index in [1.165, 1.54) is 83.3 Å². The third kappa shape index (κ3) is 5.19. The number of likely N-dealkylation sites (N-methyl/N-ethyl adjacent to an activating group) is 1. The molecule has 0 unspecified atom stereocenters. The molecule has 0 amide bonds. The first-order valence-electron chi connectivity index (χ1n) is 18.3. The number of nitrogens with zero attached hydrogens (tertiary/aromatic N) is 2. The summed E-state index contributed by atoms with van der Waals surface area (Å²) in [6.07, 6.45) is 14.1. The summed E-state index contributed by atoms with van der Waals surface area (Å²) < 4.78 is 2.42. The largest absolute Gasteiger partial charge is 0.347 e. The van der Waals surface area contributed by atoms with Crippen molar-refractivity contribution in [1.29, 1.82) is 0 Å². The van der Waals surface area contributed by atoms with E-state index in [0.717, 1.165) is 25.7 Å². The van der Waals surface area contributed by atoms with Crippen LogP contribution in [0.1, 0.15) is 69.2 Å². The molecule has 0 radical (unpaired) electrons. The van der Waals surface area contributed by atoms with Crippen LogP contribution in [0.4, 0.5) is 11.4 Å². The normalized spacial score (nSPS) is 19.9. The van der Waals surface area contributed by atoms with Gasteiger partial charge in [-0.3, -0.25) is 0 Å². The van der Waals surface area contributed by atoms with Crippen molar-refractivity contribution in [2.45, 2.75) is 71.1 Å². The molecule has 0 saturated carbocycles. The van der Waals surface area contributed by atoms with Gasteiger partial charge in [0.15, 0.2) is 5.71 Å². The number of anilines is 1. The van der Waals surface area contributed by atoms with Crippen LogP contribution >= 0.6 is 0 Å². The number of hydrogen-bond donors (Lipinski definition) is 0. The fourth-order valence-corrected chi connectivity index (χ4v) is 9.23. The molecule has 2 heteroatoms. The molecule has 0 N–H and O–H groups in total.